The average Bonchev–Trinajstić information content (AvgIpc) is 3.23. The standard InChI is InChI=1S/C26H25F2N7O4S/c1-40(38,39)13-22(36)32-24-23-20(33-35(24)21-8-6-17(11-29)12-30-21)10-18(31-25(23)37)7-5-16-3-2-4-19(9-16)34-14-26(27,28)15-34/h2-4,6,8-9,12,18H,5,7,10,13-15H2,1H3,(H,31,37)(H,32,36)/t18-/m0/s1. The van der Waals surface area contributed by atoms with E-state index < -0.39 is 33.3 Å². The fourth-order valence-electron chi connectivity index (χ4n) is 4.77. The Kier molecular flexibility index (Phi) is 7.01. The number of amides is 2. The lowest BCUT2D eigenvalue weighted by Crippen LogP contribution is -2.56. The van der Waals surface area contributed by atoms with Gasteiger partial charge < -0.3 is 15.5 Å². The van der Waals surface area contributed by atoms with E-state index in [1.165, 1.54) is 23.0 Å². The molecule has 0 spiro atoms. The molecule has 14 heteroatoms. The number of alkyl halides is 2. The van der Waals surface area contributed by atoms with Gasteiger partial charge in [0.15, 0.2) is 21.5 Å². The second-order valence-electron chi connectivity index (χ2n) is 10.0. The highest BCUT2D eigenvalue weighted by molar-refractivity contribution is 7.91. The Labute approximate surface area is 228 Å². The Morgan fingerprint density at radius 1 is 1.27 bits per heavy atom. The van der Waals surface area contributed by atoms with Gasteiger partial charge in [-0.1, -0.05) is 12.1 Å². The molecule has 1 fully saturated rings. The van der Waals surface area contributed by atoms with Gasteiger partial charge in [-0.25, -0.2) is 22.2 Å². The molecule has 40 heavy (non-hydrogen) atoms. The predicted molar refractivity (Wildman–Crippen MR) is 141 cm³/mol. The van der Waals surface area contributed by atoms with Crippen molar-refractivity contribution in [1.82, 2.24) is 20.1 Å². The second kappa shape index (κ2) is 10.3. The number of halogens is 2. The third kappa shape index (κ3) is 5.94. The van der Waals surface area contributed by atoms with Crippen molar-refractivity contribution in [3.8, 4) is 11.9 Å². The van der Waals surface area contributed by atoms with Crippen LogP contribution in [0.4, 0.5) is 20.3 Å². The summed E-state index contributed by atoms with van der Waals surface area (Å²) in [6.07, 6.45) is 3.69. The molecule has 11 nitrogen and oxygen atoms in total. The van der Waals surface area contributed by atoms with Crippen LogP contribution in [0.15, 0.2) is 42.6 Å². The molecule has 2 aliphatic rings. The van der Waals surface area contributed by atoms with E-state index in [1.807, 2.05) is 24.3 Å². The Bertz CT molecular complexity index is 1620. The van der Waals surface area contributed by atoms with Crippen LogP contribution in [-0.2, 0) is 27.5 Å². The first-order chi connectivity index (χ1) is 18.9. The van der Waals surface area contributed by atoms with Gasteiger partial charge >= 0.3 is 0 Å². The van der Waals surface area contributed by atoms with Crippen molar-refractivity contribution in [2.75, 3.05) is 35.3 Å². The summed E-state index contributed by atoms with van der Waals surface area (Å²) in [5, 5.41) is 19.0. The Morgan fingerprint density at radius 3 is 2.70 bits per heavy atom. The smallest absolute Gasteiger partial charge is 0.282 e. The lowest BCUT2D eigenvalue weighted by atomic mass is 9.96. The first-order valence-electron chi connectivity index (χ1n) is 12.4. The van der Waals surface area contributed by atoms with E-state index in [1.54, 1.807) is 11.0 Å². The summed E-state index contributed by atoms with van der Waals surface area (Å²) in [7, 11) is -3.64. The van der Waals surface area contributed by atoms with Crippen molar-refractivity contribution in [3.05, 3.63) is 65.0 Å². The number of nitrogens with zero attached hydrogens (tertiary/aromatic N) is 5. The van der Waals surface area contributed by atoms with Gasteiger partial charge in [0.1, 0.15) is 17.4 Å². The van der Waals surface area contributed by atoms with E-state index in [-0.39, 0.29) is 36.3 Å². The first-order valence-corrected chi connectivity index (χ1v) is 14.5. The number of carbonyl (C=O) groups excluding carboxylic acids is 2. The number of benzene rings is 1. The van der Waals surface area contributed by atoms with E-state index in [2.05, 4.69) is 20.7 Å². The number of aryl methyl sites for hydroxylation is 1. The maximum absolute atomic E-state index is 13.3. The molecule has 0 saturated carbocycles. The van der Waals surface area contributed by atoms with Crippen molar-refractivity contribution in [3.63, 3.8) is 0 Å². The van der Waals surface area contributed by atoms with Crippen LogP contribution < -0.4 is 15.5 Å². The summed E-state index contributed by atoms with van der Waals surface area (Å²) in [6, 6.07) is 12.0. The van der Waals surface area contributed by atoms with Gasteiger partial charge in [0, 0.05) is 30.6 Å². The molecule has 5 rings (SSSR count). The molecular weight excluding hydrogens is 544 g/mol. The molecule has 0 unspecified atom stereocenters. The van der Waals surface area contributed by atoms with Crippen LogP contribution in [0.3, 0.4) is 0 Å². The lowest BCUT2D eigenvalue weighted by molar-refractivity contribution is -0.113. The number of anilines is 2. The number of sulfone groups is 1. The number of rotatable bonds is 8. The monoisotopic (exact) mass is 569 g/mol. The van der Waals surface area contributed by atoms with Crippen LogP contribution in [0.1, 0.15) is 33.6 Å². The van der Waals surface area contributed by atoms with E-state index >= 15 is 0 Å². The fraction of sp³-hybridized carbons (Fsp3) is 0.346. The number of fused-ring (bicyclic) bond motifs is 1. The number of pyridine rings is 1. The van der Waals surface area contributed by atoms with E-state index in [0.717, 1.165) is 17.5 Å². The molecule has 1 saturated heterocycles. The Hall–Kier alpha value is -4.38. The molecule has 2 aromatic heterocycles. The van der Waals surface area contributed by atoms with Crippen LogP contribution >= 0.6 is 0 Å². The largest absolute Gasteiger partial charge is 0.359 e. The van der Waals surface area contributed by atoms with E-state index in [9.17, 15) is 26.8 Å². The molecule has 3 aromatic rings. The second-order valence-corrected chi connectivity index (χ2v) is 12.2. The summed E-state index contributed by atoms with van der Waals surface area (Å²) in [4.78, 5) is 31.5. The quantitative estimate of drug-likeness (QED) is 0.418. The molecule has 2 amide bonds. The lowest BCUT2D eigenvalue weighted by Gasteiger charge is -2.40. The van der Waals surface area contributed by atoms with Gasteiger partial charge in [0.2, 0.25) is 5.91 Å². The molecule has 2 N–H and O–H groups in total. The molecular formula is C26H25F2N7O4S. The number of hydrogen-bond donors (Lipinski definition) is 2. The van der Waals surface area contributed by atoms with Gasteiger partial charge in [-0.3, -0.25) is 9.59 Å². The molecule has 208 valence electrons. The third-order valence-electron chi connectivity index (χ3n) is 6.61. The minimum absolute atomic E-state index is 0.0177. The zero-order valence-corrected chi connectivity index (χ0v) is 22.2. The Balaban J connectivity index is 1.36. The van der Waals surface area contributed by atoms with E-state index in [4.69, 9.17) is 5.26 Å². The highest BCUT2D eigenvalue weighted by Crippen LogP contribution is 2.33. The number of carbonyl (C=O) groups is 2. The van der Waals surface area contributed by atoms with Crippen LogP contribution in [0.25, 0.3) is 5.82 Å². The SMILES string of the molecule is CS(=O)(=O)CC(=O)Nc1c2c(nn1-c1ccc(C#N)cn1)C[C@H](CCc1cccc(N3CC(F)(F)C3)c1)NC2=O. The summed E-state index contributed by atoms with van der Waals surface area (Å²) >= 11 is 0. The van der Waals surface area contributed by atoms with Gasteiger partial charge in [0.05, 0.1) is 24.3 Å². The highest BCUT2D eigenvalue weighted by atomic mass is 32.2. The third-order valence-corrected chi connectivity index (χ3v) is 7.39. The van der Waals surface area contributed by atoms with Crippen molar-refractivity contribution in [1.29, 1.82) is 5.26 Å². The van der Waals surface area contributed by atoms with Gasteiger partial charge in [-0.2, -0.15) is 15.0 Å². The molecule has 1 aromatic carbocycles. The van der Waals surface area contributed by atoms with Crippen LogP contribution in [0, 0.1) is 11.3 Å². The number of hydrogen-bond acceptors (Lipinski definition) is 8. The average molecular weight is 570 g/mol. The predicted octanol–water partition coefficient (Wildman–Crippen LogP) is 1.86. The first kappa shape index (κ1) is 27.2. The van der Waals surface area contributed by atoms with Crippen molar-refractivity contribution in [2.24, 2.45) is 0 Å². The van der Waals surface area contributed by atoms with Crippen molar-refractivity contribution in [2.45, 2.75) is 31.2 Å². The van der Waals surface area contributed by atoms with Crippen LogP contribution in [0.2, 0.25) is 0 Å². The molecule has 0 aliphatic carbocycles. The normalized spacial score (nSPS) is 17.8. The summed E-state index contributed by atoms with van der Waals surface area (Å²) in [5.74, 6) is -4.57. The fourth-order valence-corrected chi connectivity index (χ4v) is 5.32. The van der Waals surface area contributed by atoms with Crippen LogP contribution in [0.5, 0.6) is 0 Å². The Morgan fingerprint density at radius 2 is 2.05 bits per heavy atom. The molecule has 4 heterocycles. The summed E-state index contributed by atoms with van der Waals surface area (Å²) in [5.41, 5.74) is 2.46. The highest BCUT2D eigenvalue weighted by Gasteiger charge is 2.44. The van der Waals surface area contributed by atoms with Crippen LogP contribution in [-0.4, -0.2) is 72.1 Å². The zero-order valence-electron chi connectivity index (χ0n) is 21.4. The zero-order chi connectivity index (χ0) is 28.7. The topological polar surface area (TPSA) is 150 Å². The summed E-state index contributed by atoms with van der Waals surface area (Å²) < 4.78 is 51.1. The number of nitrogens with one attached hydrogen (secondary N) is 2. The number of aromatic nitrogens is 3. The molecule has 0 radical (unpaired) electrons. The van der Waals surface area contributed by atoms with Crippen molar-refractivity contribution < 1.29 is 26.8 Å². The van der Waals surface area contributed by atoms with Gasteiger partial charge in [-0.15, -0.1) is 0 Å². The summed E-state index contributed by atoms with van der Waals surface area (Å²) in [6.45, 7) is -0.616. The maximum Gasteiger partial charge on any atom is 0.282 e. The minimum atomic E-state index is -3.64. The number of nitriles is 1. The van der Waals surface area contributed by atoms with Gasteiger partial charge in [-0.05, 0) is 42.7 Å². The minimum Gasteiger partial charge on any atom is -0.359 e. The van der Waals surface area contributed by atoms with Crippen molar-refractivity contribution >= 4 is 33.2 Å². The molecule has 0 bridgehead atoms. The maximum atomic E-state index is 13.3. The van der Waals surface area contributed by atoms with E-state index in [0.29, 0.717) is 30.5 Å². The van der Waals surface area contributed by atoms with Gasteiger partial charge in [0.25, 0.3) is 11.8 Å². The molecule has 2 aliphatic heterocycles. The molecule has 1 atom stereocenters.